The Labute approximate surface area is 341 Å². The first-order chi connectivity index (χ1) is 28.4. The highest BCUT2D eigenvalue weighted by molar-refractivity contribution is 6.03. The van der Waals surface area contributed by atoms with Gasteiger partial charge in [0.05, 0.1) is 32.0 Å². The summed E-state index contributed by atoms with van der Waals surface area (Å²) in [5, 5.41) is 24.7. The van der Waals surface area contributed by atoms with Gasteiger partial charge in [0, 0.05) is 63.7 Å². The first-order valence-electron chi connectivity index (χ1n) is 21.2. The van der Waals surface area contributed by atoms with E-state index in [2.05, 4.69) is 23.6 Å². The van der Waals surface area contributed by atoms with Gasteiger partial charge in [-0.1, -0.05) is 42.3 Å². The van der Waals surface area contributed by atoms with E-state index in [1.165, 1.54) is 19.2 Å². The number of rotatable bonds is 20. The molecule has 1 unspecified atom stereocenters. The van der Waals surface area contributed by atoms with Crippen LogP contribution in [0, 0.1) is 23.6 Å². The van der Waals surface area contributed by atoms with Crippen molar-refractivity contribution in [3.63, 3.8) is 0 Å². The zero-order valence-electron chi connectivity index (χ0n) is 33.8. The lowest BCUT2D eigenvalue weighted by Crippen LogP contribution is -2.70. The van der Waals surface area contributed by atoms with Gasteiger partial charge < -0.3 is 38.7 Å². The van der Waals surface area contributed by atoms with E-state index in [1.807, 2.05) is 12.1 Å². The summed E-state index contributed by atoms with van der Waals surface area (Å²) < 4.78 is 46.3. The Morgan fingerprint density at radius 1 is 1.09 bits per heavy atom. The van der Waals surface area contributed by atoms with Gasteiger partial charge in [-0.15, -0.1) is 6.58 Å². The number of hydrogen-bond acceptors (Lipinski definition) is 11. The highest BCUT2D eigenvalue weighted by atomic mass is 19.1. The number of ether oxygens (including phenoxy) is 5. The molecule has 2 aliphatic carbocycles. The predicted molar refractivity (Wildman–Crippen MR) is 216 cm³/mol. The SMILES string of the molecule is C=CCO[C@@]12Oc3ccc(OCCN4CC4)cc3[C@H]3[C@H](CCCCO)[C@@H](CCCCO)C=C(C(=NOC4CCCCO4)C[C@@H]1N(Cc1ccc(F)cc1)C(=O)OC)[C@H]32. The van der Waals surface area contributed by atoms with Crippen molar-refractivity contribution in [2.45, 2.75) is 94.8 Å². The molecule has 1 saturated carbocycles. The van der Waals surface area contributed by atoms with Gasteiger partial charge in [-0.3, -0.25) is 9.80 Å². The zero-order valence-corrected chi connectivity index (χ0v) is 33.8. The molecule has 2 aromatic rings. The summed E-state index contributed by atoms with van der Waals surface area (Å²) in [6, 6.07) is 11.3. The summed E-state index contributed by atoms with van der Waals surface area (Å²) in [5.41, 5.74) is 3.28. The number of fused-ring (bicyclic) bond motifs is 2. The van der Waals surface area contributed by atoms with E-state index in [4.69, 9.17) is 33.7 Å². The fraction of sp³-hybridized carbons (Fsp3) is 0.600. The van der Waals surface area contributed by atoms with Crippen LogP contribution in [-0.2, 0) is 25.6 Å². The van der Waals surface area contributed by atoms with E-state index < -0.39 is 30.1 Å². The van der Waals surface area contributed by atoms with Gasteiger partial charge in [-0.2, -0.15) is 0 Å². The van der Waals surface area contributed by atoms with Crippen molar-refractivity contribution in [3.8, 4) is 11.5 Å². The van der Waals surface area contributed by atoms with E-state index in [0.29, 0.717) is 49.5 Å². The van der Waals surface area contributed by atoms with Crippen molar-refractivity contribution >= 4 is 11.8 Å². The molecular weight excluding hydrogens is 746 g/mol. The summed E-state index contributed by atoms with van der Waals surface area (Å²) in [6.45, 7) is 8.60. The Balaban J connectivity index is 1.42. The normalized spacial score (nSPS) is 28.1. The van der Waals surface area contributed by atoms with E-state index >= 15 is 0 Å². The Bertz CT molecular complexity index is 1750. The number of halogens is 1. The number of methoxy groups -OCH3 is 1. The minimum atomic E-state index is -1.46. The summed E-state index contributed by atoms with van der Waals surface area (Å²) >= 11 is 0. The fourth-order valence-electron chi connectivity index (χ4n) is 9.45. The fourth-order valence-corrected chi connectivity index (χ4v) is 9.45. The number of aliphatic hydroxyl groups is 2. The number of benzene rings is 2. The molecule has 2 N–H and O–H groups in total. The molecule has 2 aromatic carbocycles. The molecule has 12 nitrogen and oxygen atoms in total. The van der Waals surface area contributed by atoms with Crippen molar-refractivity contribution in [3.05, 3.63) is 83.7 Å². The molecule has 2 saturated heterocycles. The summed E-state index contributed by atoms with van der Waals surface area (Å²) in [5.74, 6) is -1.00. The molecular formula is C45H60FN3O9. The smallest absolute Gasteiger partial charge is 0.410 e. The van der Waals surface area contributed by atoms with Gasteiger partial charge in [0.25, 0.3) is 0 Å². The van der Waals surface area contributed by atoms with Crippen LogP contribution in [0.4, 0.5) is 9.18 Å². The number of carbonyl (C=O) groups excluding carboxylic acids is 1. The number of nitrogens with zero attached hydrogens (tertiary/aromatic N) is 3. The minimum absolute atomic E-state index is 0.0624. The maximum Gasteiger partial charge on any atom is 0.410 e. The van der Waals surface area contributed by atoms with Crippen molar-refractivity contribution in [2.24, 2.45) is 22.9 Å². The van der Waals surface area contributed by atoms with Crippen molar-refractivity contribution in [2.75, 3.05) is 59.8 Å². The molecule has 5 aliphatic rings. The molecule has 3 aliphatic heterocycles. The second-order valence-corrected chi connectivity index (χ2v) is 16.1. The van der Waals surface area contributed by atoms with Gasteiger partial charge in [0.2, 0.25) is 12.1 Å². The molecule has 0 spiro atoms. The number of amides is 1. The van der Waals surface area contributed by atoms with Gasteiger partial charge >= 0.3 is 6.09 Å². The molecule has 7 rings (SSSR count). The van der Waals surface area contributed by atoms with Gasteiger partial charge in [-0.25, -0.2) is 9.18 Å². The molecule has 0 bridgehead atoms. The first kappa shape index (κ1) is 42.1. The minimum Gasteiger partial charge on any atom is -0.492 e. The van der Waals surface area contributed by atoms with E-state index in [1.54, 1.807) is 23.1 Å². The molecule has 3 heterocycles. The number of aliphatic hydroxyl groups excluding tert-OH is 2. The van der Waals surface area contributed by atoms with E-state index in [9.17, 15) is 19.4 Å². The van der Waals surface area contributed by atoms with Gasteiger partial charge in [0.1, 0.15) is 30.0 Å². The molecule has 58 heavy (non-hydrogen) atoms. The molecule has 7 atom stereocenters. The quantitative estimate of drug-likeness (QED) is 0.0628. The second kappa shape index (κ2) is 19.8. The highest BCUT2D eigenvalue weighted by Crippen LogP contribution is 2.62. The van der Waals surface area contributed by atoms with Crippen LogP contribution in [0.15, 0.2) is 71.9 Å². The maximum atomic E-state index is 14.2. The molecule has 1 amide bonds. The van der Waals surface area contributed by atoms with E-state index in [-0.39, 0.29) is 56.4 Å². The monoisotopic (exact) mass is 805 g/mol. The van der Waals surface area contributed by atoms with Gasteiger partial charge in [0.15, 0.2) is 0 Å². The Hall–Kier alpha value is -4.01. The second-order valence-electron chi connectivity index (χ2n) is 16.1. The third kappa shape index (κ3) is 9.55. The first-order valence-corrected chi connectivity index (χ1v) is 21.2. The zero-order chi connectivity index (χ0) is 40.5. The number of unbranched alkanes of at least 4 members (excludes halogenated alkanes) is 2. The number of oxime groups is 1. The third-order valence-electron chi connectivity index (χ3n) is 12.3. The van der Waals surface area contributed by atoms with E-state index in [0.717, 1.165) is 75.0 Å². The molecule has 0 aromatic heterocycles. The summed E-state index contributed by atoms with van der Waals surface area (Å²) in [6.07, 6.45) is 10.4. The Kier molecular flexibility index (Phi) is 14.4. The number of carbonyl (C=O) groups is 1. The van der Waals surface area contributed by atoms with Crippen LogP contribution in [0.3, 0.4) is 0 Å². The molecule has 316 valence electrons. The van der Waals surface area contributed by atoms with Crippen molar-refractivity contribution in [1.82, 2.24) is 9.80 Å². The maximum absolute atomic E-state index is 14.2. The Morgan fingerprint density at radius 2 is 1.88 bits per heavy atom. The topological polar surface area (TPSA) is 132 Å². The van der Waals surface area contributed by atoms with Crippen LogP contribution >= 0.6 is 0 Å². The third-order valence-corrected chi connectivity index (χ3v) is 12.3. The molecule has 0 radical (unpaired) electrons. The van der Waals surface area contributed by atoms with Crippen LogP contribution in [0.1, 0.15) is 81.3 Å². The van der Waals surface area contributed by atoms with Gasteiger partial charge in [-0.05, 0) is 91.8 Å². The predicted octanol–water partition coefficient (Wildman–Crippen LogP) is 6.95. The average Bonchev–Trinajstić information content (AvgIpc) is 4.08. The van der Waals surface area contributed by atoms with Crippen LogP contribution in [0.2, 0.25) is 0 Å². The van der Waals surface area contributed by atoms with Crippen LogP contribution in [0.5, 0.6) is 11.5 Å². The summed E-state index contributed by atoms with van der Waals surface area (Å²) in [7, 11) is 1.35. The Morgan fingerprint density at radius 3 is 2.59 bits per heavy atom. The number of allylic oxidation sites excluding steroid dienone is 1. The summed E-state index contributed by atoms with van der Waals surface area (Å²) in [4.78, 5) is 24.3. The lowest BCUT2D eigenvalue weighted by Gasteiger charge is -2.59. The van der Waals surface area contributed by atoms with Crippen LogP contribution < -0.4 is 9.47 Å². The van der Waals surface area contributed by atoms with Crippen molar-refractivity contribution in [1.29, 1.82) is 0 Å². The average molecular weight is 806 g/mol. The largest absolute Gasteiger partial charge is 0.492 e. The van der Waals surface area contributed by atoms with Crippen LogP contribution in [-0.4, -0.2) is 110 Å². The molecule has 13 heteroatoms. The molecule has 3 fully saturated rings. The highest BCUT2D eigenvalue weighted by Gasteiger charge is 2.65. The number of hydrogen-bond donors (Lipinski definition) is 2. The lowest BCUT2D eigenvalue weighted by atomic mass is 9.55. The van der Waals surface area contributed by atoms with Crippen LogP contribution in [0.25, 0.3) is 0 Å². The standard InChI is InChI=1S/C45H60FN3O9/c1-3-24-56-45-40(49(44(52)53-2)30-31-13-15-33(46)16-14-31)29-38(47-58-41-12-6-9-25-55-41)36-27-32(10-4-7-22-50)35(11-5-8-23-51)42(43(36)45)37-28-34(17-18-39(37)57-45)54-26-21-48-19-20-48/h3,13-18,27-28,32,35,40-43,50-51H,1,4-12,19-26,29-30H2,2H3/t32-,35+,40-,41?,42+,43+,45+/m0/s1. The lowest BCUT2D eigenvalue weighted by molar-refractivity contribution is -0.256. The van der Waals surface area contributed by atoms with Crippen molar-refractivity contribution < 1.29 is 47.9 Å².